The molecule has 1 aliphatic rings. The summed E-state index contributed by atoms with van der Waals surface area (Å²) in [5, 5.41) is 11.8. The van der Waals surface area contributed by atoms with Crippen LogP contribution in [0.3, 0.4) is 0 Å². The first-order valence-corrected chi connectivity index (χ1v) is 11.8. The minimum absolute atomic E-state index is 0.0430. The second kappa shape index (κ2) is 9.62. The number of fused-ring (bicyclic) bond motifs is 1. The number of benzene rings is 3. The van der Waals surface area contributed by atoms with Gasteiger partial charge in [-0.2, -0.15) is 0 Å². The molecule has 1 amide bonds. The molecule has 1 unspecified atom stereocenters. The van der Waals surface area contributed by atoms with Crippen LogP contribution < -0.4 is 14.4 Å². The summed E-state index contributed by atoms with van der Waals surface area (Å²) in [6.07, 6.45) is 0. The first kappa shape index (κ1) is 23.2. The molecule has 1 aliphatic heterocycles. The van der Waals surface area contributed by atoms with Gasteiger partial charge >= 0.3 is 0 Å². The number of hydrogen-bond acceptors (Lipinski definition) is 6. The second-order valence-corrected chi connectivity index (χ2v) is 8.25. The van der Waals surface area contributed by atoms with Crippen LogP contribution in [0.2, 0.25) is 0 Å². The molecule has 7 nitrogen and oxygen atoms in total. The molecule has 0 fully saturated rings. The first-order chi connectivity index (χ1) is 17.5. The standard InChI is InChI=1S/C29H25NO6/c1-3-34-21-12-7-10-19(15-21)26-25(27(31)24-16-18-9-5-6-14-23(18)36-24)28(32)29(33)30(26)20-11-8-13-22(17-20)35-4-2/h5-17,26,32H,3-4H2,1-2H3. The molecule has 1 atom stereocenters. The maximum absolute atomic E-state index is 13.8. The normalized spacial score (nSPS) is 15.6. The third kappa shape index (κ3) is 4.09. The van der Waals surface area contributed by atoms with E-state index in [4.69, 9.17) is 13.9 Å². The van der Waals surface area contributed by atoms with Gasteiger partial charge in [-0.1, -0.05) is 36.4 Å². The molecule has 4 aromatic rings. The van der Waals surface area contributed by atoms with Crippen LogP contribution in [0.4, 0.5) is 5.69 Å². The van der Waals surface area contributed by atoms with Gasteiger partial charge in [-0.15, -0.1) is 0 Å². The van der Waals surface area contributed by atoms with Crippen LogP contribution in [-0.4, -0.2) is 30.0 Å². The van der Waals surface area contributed by atoms with Gasteiger partial charge in [0, 0.05) is 17.1 Å². The minimum Gasteiger partial charge on any atom is -0.503 e. The first-order valence-electron chi connectivity index (χ1n) is 11.8. The molecule has 0 bridgehead atoms. The minimum atomic E-state index is -0.907. The highest BCUT2D eigenvalue weighted by Gasteiger charge is 2.45. The molecule has 0 saturated carbocycles. The van der Waals surface area contributed by atoms with Crippen LogP contribution in [-0.2, 0) is 4.79 Å². The molecule has 36 heavy (non-hydrogen) atoms. The fraction of sp³-hybridized carbons (Fsp3) is 0.172. The van der Waals surface area contributed by atoms with Crippen LogP contribution in [0.25, 0.3) is 11.0 Å². The third-order valence-corrected chi connectivity index (χ3v) is 5.99. The van der Waals surface area contributed by atoms with Gasteiger partial charge in [0.1, 0.15) is 17.1 Å². The van der Waals surface area contributed by atoms with E-state index < -0.39 is 23.5 Å². The van der Waals surface area contributed by atoms with Crippen LogP contribution in [0.15, 0.2) is 94.6 Å². The number of ether oxygens (including phenoxy) is 2. The Morgan fingerprint density at radius 1 is 0.917 bits per heavy atom. The van der Waals surface area contributed by atoms with Gasteiger partial charge in [0.25, 0.3) is 5.91 Å². The Kier molecular flexibility index (Phi) is 6.21. The maximum atomic E-state index is 13.8. The Bertz CT molecular complexity index is 1450. The van der Waals surface area contributed by atoms with Crippen molar-refractivity contribution in [3.63, 3.8) is 0 Å². The van der Waals surface area contributed by atoms with Crippen LogP contribution in [0, 0.1) is 0 Å². The lowest BCUT2D eigenvalue weighted by atomic mass is 9.94. The van der Waals surface area contributed by atoms with Crippen molar-refractivity contribution in [2.45, 2.75) is 19.9 Å². The number of ketones is 1. The van der Waals surface area contributed by atoms with Crippen LogP contribution in [0.1, 0.15) is 36.0 Å². The quantitative estimate of drug-likeness (QED) is 0.309. The van der Waals surface area contributed by atoms with Gasteiger partial charge < -0.3 is 19.0 Å². The zero-order valence-electron chi connectivity index (χ0n) is 19.9. The Morgan fingerprint density at radius 2 is 1.61 bits per heavy atom. The van der Waals surface area contributed by atoms with Gasteiger partial charge in [0.2, 0.25) is 5.78 Å². The average molecular weight is 484 g/mol. The molecule has 1 aromatic heterocycles. The number of para-hydroxylation sites is 1. The van der Waals surface area contributed by atoms with Crippen LogP contribution in [0.5, 0.6) is 11.5 Å². The van der Waals surface area contributed by atoms with Gasteiger partial charge in [-0.3, -0.25) is 14.5 Å². The molecule has 182 valence electrons. The highest BCUT2D eigenvalue weighted by molar-refractivity contribution is 6.20. The highest BCUT2D eigenvalue weighted by atomic mass is 16.5. The van der Waals surface area contributed by atoms with E-state index in [-0.39, 0.29) is 11.3 Å². The molecule has 0 spiro atoms. The SMILES string of the molecule is CCOc1cccc(C2C(C(=O)c3cc4ccccc4o3)=C(O)C(=O)N2c2cccc(OCC)c2)c1. The molecule has 2 heterocycles. The van der Waals surface area contributed by atoms with E-state index in [1.807, 2.05) is 32.0 Å². The number of aliphatic hydroxyl groups is 1. The van der Waals surface area contributed by atoms with Gasteiger partial charge in [0.15, 0.2) is 11.5 Å². The fourth-order valence-electron chi connectivity index (χ4n) is 4.48. The molecule has 7 heteroatoms. The maximum Gasteiger partial charge on any atom is 0.294 e. The number of furan rings is 1. The molecule has 3 aromatic carbocycles. The van der Waals surface area contributed by atoms with E-state index in [9.17, 15) is 14.7 Å². The van der Waals surface area contributed by atoms with Crippen molar-refractivity contribution in [1.82, 2.24) is 0 Å². The van der Waals surface area contributed by atoms with Crippen molar-refractivity contribution in [3.05, 3.63) is 102 Å². The number of carbonyl (C=O) groups excluding carboxylic acids is 2. The van der Waals surface area contributed by atoms with Crippen molar-refractivity contribution >= 4 is 28.3 Å². The molecule has 5 rings (SSSR count). The van der Waals surface area contributed by atoms with Crippen molar-refractivity contribution in [2.75, 3.05) is 18.1 Å². The van der Waals surface area contributed by atoms with E-state index in [0.717, 1.165) is 5.39 Å². The number of amides is 1. The molecular weight excluding hydrogens is 458 g/mol. The van der Waals surface area contributed by atoms with E-state index >= 15 is 0 Å². The molecular formula is C29H25NO6. The number of hydrogen-bond donors (Lipinski definition) is 1. The number of rotatable bonds is 8. The lowest BCUT2D eigenvalue weighted by Crippen LogP contribution is -2.31. The smallest absolute Gasteiger partial charge is 0.294 e. The monoisotopic (exact) mass is 483 g/mol. The summed E-state index contributed by atoms with van der Waals surface area (Å²) in [7, 11) is 0. The Morgan fingerprint density at radius 3 is 2.33 bits per heavy atom. The van der Waals surface area contributed by atoms with E-state index in [2.05, 4.69) is 0 Å². The second-order valence-electron chi connectivity index (χ2n) is 8.25. The number of Topliss-reactive ketones (excluding diaryl/α,β-unsaturated/α-hetero) is 1. The summed E-state index contributed by atoms with van der Waals surface area (Å²) < 4.78 is 17.1. The summed E-state index contributed by atoms with van der Waals surface area (Å²) in [4.78, 5) is 28.6. The highest BCUT2D eigenvalue weighted by Crippen LogP contribution is 2.43. The van der Waals surface area contributed by atoms with E-state index in [1.54, 1.807) is 60.7 Å². The Labute approximate surface area is 208 Å². The number of anilines is 1. The topological polar surface area (TPSA) is 89.2 Å². The fourth-order valence-corrected chi connectivity index (χ4v) is 4.48. The molecule has 0 saturated heterocycles. The number of aliphatic hydroxyl groups excluding tert-OH is 1. The predicted molar refractivity (Wildman–Crippen MR) is 136 cm³/mol. The Balaban J connectivity index is 1.65. The van der Waals surface area contributed by atoms with Crippen molar-refractivity contribution in [2.24, 2.45) is 0 Å². The lowest BCUT2D eigenvalue weighted by Gasteiger charge is -2.27. The predicted octanol–water partition coefficient (Wildman–Crippen LogP) is 6.01. The van der Waals surface area contributed by atoms with Crippen LogP contribution >= 0.6 is 0 Å². The summed E-state index contributed by atoms with van der Waals surface area (Å²) in [5.41, 5.74) is 1.58. The van der Waals surface area contributed by atoms with Gasteiger partial charge in [-0.25, -0.2) is 0 Å². The largest absolute Gasteiger partial charge is 0.503 e. The summed E-state index contributed by atoms with van der Waals surface area (Å²) in [6.45, 7) is 4.66. The number of nitrogens with zero attached hydrogens (tertiary/aromatic N) is 1. The summed E-state index contributed by atoms with van der Waals surface area (Å²) in [6, 6.07) is 22.1. The summed E-state index contributed by atoms with van der Waals surface area (Å²) in [5.74, 6) is -0.661. The molecule has 1 N–H and O–H groups in total. The van der Waals surface area contributed by atoms with Gasteiger partial charge in [0.05, 0.1) is 24.8 Å². The van der Waals surface area contributed by atoms with E-state index in [1.165, 1.54) is 4.90 Å². The molecule has 0 radical (unpaired) electrons. The lowest BCUT2D eigenvalue weighted by molar-refractivity contribution is -0.117. The molecule has 0 aliphatic carbocycles. The van der Waals surface area contributed by atoms with Crippen molar-refractivity contribution < 1.29 is 28.6 Å². The van der Waals surface area contributed by atoms with E-state index in [0.29, 0.717) is 41.5 Å². The van der Waals surface area contributed by atoms with Gasteiger partial charge in [-0.05, 0) is 55.8 Å². The zero-order chi connectivity index (χ0) is 25.2. The van der Waals surface area contributed by atoms with Crippen molar-refractivity contribution in [1.29, 1.82) is 0 Å². The third-order valence-electron chi connectivity index (χ3n) is 5.99. The number of carbonyl (C=O) groups is 2. The Hall–Kier alpha value is -4.52. The summed E-state index contributed by atoms with van der Waals surface area (Å²) >= 11 is 0. The average Bonchev–Trinajstić information content (AvgIpc) is 3.43. The zero-order valence-corrected chi connectivity index (χ0v) is 19.9. The van der Waals surface area contributed by atoms with Crippen molar-refractivity contribution in [3.8, 4) is 11.5 Å².